The number of aryl methyl sites for hydroxylation is 1. The number of halogens is 1. The first-order valence-corrected chi connectivity index (χ1v) is 7.31. The second-order valence-electron chi connectivity index (χ2n) is 4.50. The fourth-order valence-electron chi connectivity index (χ4n) is 1.14. The molecule has 0 aliphatic heterocycles. The van der Waals surface area contributed by atoms with Crippen LogP contribution in [0.4, 0.5) is 4.39 Å². The maximum absolute atomic E-state index is 13.1. The molecule has 0 unspecified atom stereocenters. The molecule has 0 fully saturated rings. The summed E-state index contributed by atoms with van der Waals surface area (Å²) in [6.45, 7) is 2.56. The third-order valence-corrected chi connectivity index (χ3v) is 2.29. The lowest BCUT2D eigenvalue weighted by molar-refractivity contribution is -0.127. The molecule has 0 aromatic heterocycles. The number of benzene rings is 1. The zero-order valence-electron chi connectivity index (χ0n) is 11.4. The van der Waals surface area contributed by atoms with Crippen molar-refractivity contribution in [3.63, 3.8) is 0 Å². The highest BCUT2D eigenvalue weighted by molar-refractivity contribution is 7.84. The minimum Gasteiger partial charge on any atom is -0.366 e. The van der Waals surface area contributed by atoms with Gasteiger partial charge < -0.3 is 10.2 Å². The molecule has 0 bridgehead atoms. The zero-order valence-corrected chi connectivity index (χ0v) is 12.2. The van der Waals surface area contributed by atoms with E-state index in [1.165, 1.54) is 19.9 Å². The highest BCUT2D eigenvalue weighted by atomic mass is 32.2. The minimum absolute atomic E-state index is 0.0346. The molecule has 20 heavy (non-hydrogen) atoms. The molecule has 0 radical (unpaired) electrons. The summed E-state index contributed by atoms with van der Waals surface area (Å²) < 4.78 is 38.2. The van der Waals surface area contributed by atoms with Gasteiger partial charge in [0, 0.05) is 0 Å². The fourth-order valence-corrected chi connectivity index (χ4v) is 1.49. The van der Waals surface area contributed by atoms with E-state index in [1.54, 1.807) is 18.2 Å². The third-order valence-electron chi connectivity index (χ3n) is 1.80. The lowest BCUT2D eigenvalue weighted by Crippen LogP contribution is -2.16. The molecule has 0 spiro atoms. The fraction of sp³-hybridized carbons (Fsp3) is 0.500. The van der Waals surface area contributed by atoms with Gasteiger partial charge in [0.25, 0.3) is 0 Å². The highest BCUT2D eigenvalue weighted by Gasteiger charge is 2.03. The maximum Gasteiger partial charge on any atom is 0.333 e. The molecule has 1 aromatic rings. The van der Waals surface area contributed by atoms with Crippen LogP contribution in [0.1, 0.15) is 25.8 Å². The van der Waals surface area contributed by atoms with Crippen molar-refractivity contribution in [3.8, 4) is 0 Å². The van der Waals surface area contributed by atoms with E-state index in [0.717, 1.165) is 0 Å². The van der Waals surface area contributed by atoms with Crippen molar-refractivity contribution < 1.29 is 27.2 Å². The number of hydrogen-bond donors (Lipinski definition) is 3. The Hall–Kier alpha value is -1.06. The van der Waals surface area contributed by atoms with Gasteiger partial charge in [0.2, 0.25) is 0 Å². The topological polar surface area (TPSA) is 110 Å². The molecule has 0 heterocycles. The van der Waals surface area contributed by atoms with Crippen LogP contribution in [0.5, 0.6) is 0 Å². The molecule has 0 amide bonds. The van der Waals surface area contributed by atoms with Crippen molar-refractivity contribution in [1.82, 2.24) is 0 Å². The van der Waals surface area contributed by atoms with Crippen LogP contribution in [0.2, 0.25) is 0 Å². The quantitative estimate of drug-likeness (QED) is 0.547. The molecule has 1 aromatic carbocycles. The van der Waals surface area contributed by atoms with E-state index in [2.05, 4.69) is 9.32 Å². The number of rotatable bonds is 5. The van der Waals surface area contributed by atoms with Crippen LogP contribution in [0, 0.1) is 5.82 Å². The van der Waals surface area contributed by atoms with Gasteiger partial charge in [-0.15, -0.1) is 0 Å². The zero-order chi connectivity index (χ0) is 15.8. The van der Waals surface area contributed by atoms with Gasteiger partial charge in [0.1, 0.15) is 5.82 Å². The Balaban J connectivity index is 0.000000621. The average molecular weight is 309 g/mol. The molecule has 4 N–H and O–H groups in total. The first-order chi connectivity index (χ1) is 8.99. The molecule has 0 aliphatic rings. The Morgan fingerprint density at radius 1 is 1.30 bits per heavy atom. The summed E-state index contributed by atoms with van der Waals surface area (Å²) in [5.41, 5.74) is 0.538. The van der Waals surface area contributed by atoms with Crippen LogP contribution in [-0.2, 0) is 20.9 Å². The monoisotopic (exact) mass is 309 g/mol. The minimum atomic E-state index is -3.88. The second kappa shape index (κ2) is 8.28. The van der Waals surface area contributed by atoms with Gasteiger partial charge in [0.15, 0.2) is 5.79 Å². The van der Waals surface area contributed by atoms with E-state index in [1.807, 2.05) is 0 Å². The molecular formula is C12H20FNO5S. The normalized spacial score (nSPS) is 11.7. The van der Waals surface area contributed by atoms with Crippen molar-refractivity contribution in [2.45, 2.75) is 32.5 Å². The first kappa shape index (κ1) is 18.9. The predicted octanol–water partition coefficient (Wildman–Crippen LogP) is 0.685. The Kier molecular flexibility index (Phi) is 7.84. The third kappa shape index (κ3) is 13.4. The summed E-state index contributed by atoms with van der Waals surface area (Å²) in [6.07, 6.45) is 0.819. The van der Waals surface area contributed by atoms with E-state index < -0.39 is 16.1 Å². The van der Waals surface area contributed by atoms with Crippen LogP contribution in [0.25, 0.3) is 0 Å². The van der Waals surface area contributed by atoms with Crippen LogP contribution >= 0.6 is 0 Å². The van der Waals surface area contributed by atoms with Crippen LogP contribution < -0.4 is 5.14 Å². The molecule has 0 atom stereocenters. The molecule has 0 aliphatic carbocycles. The van der Waals surface area contributed by atoms with Gasteiger partial charge in [-0.25, -0.2) is 9.53 Å². The molecular weight excluding hydrogens is 289 g/mol. The molecule has 0 saturated carbocycles. The summed E-state index contributed by atoms with van der Waals surface area (Å²) in [5.74, 6) is -1.80. The molecule has 8 heteroatoms. The van der Waals surface area contributed by atoms with Gasteiger partial charge in [-0.1, -0.05) is 18.2 Å². The SMILES string of the molecule is CC(C)(O)O.NS(=O)(=O)OCCCc1ccccc1F. The van der Waals surface area contributed by atoms with Crippen molar-refractivity contribution in [3.05, 3.63) is 35.6 Å². The van der Waals surface area contributed by atoms with Gasteiger partial charge in [-0.05, 0) is 38.3 Å². The van der Waals surface area contributed by atoms with Crippen LogP contribution in [-0.4, -0.2) is 31.0 Å². The Morgan fingerprint density at radius 2 is 1.80 bits per heavy atom. The highest BCUT2D eigenvalue weighted by Crippen LogP contribution is 2.08. The summed E-state index contributed by atoms with van der Waals surface area (Å²) in [6, 6.07) is 6.32. The van der Waals surface area contributed by atoms with Crippen molar-refractivity contribution in [1.29, 1.82) is 0 Å². The van der Waals surface area contributed by atoms with Gasteiger partial charge in [-0.3, -0.25) is 4.18 Å². The Labute approximate surface area is 118 Å². The predicted molar refractivity (Wildman–Crippen MR) is 72.3 cm³/mol. The standard InChI is InChI=1S/C9H12FNO3S.C3H8O2/c10-9-6-2-1-4-8(9)5-3-7-14-15(11,12)13;1-3(2,4)5/h1-2,4,6H,3,5,7H2,(H2,11,12,13);4-5H,1-2H3. The maximum atomic E-state index is 13.1. The van der Waals surface area contributed by atoms with E-state index in [4.69, 9.17) is 10.2 Å². The summed E-state index contributed by atoms with van der Waals surface area (Å²) in [7, 11) is -3.88. The van der Waals surface area contributed by atoms with E-state index in [-0.39, 0.29) is 12.4 Å². The number of hydrogen-bond acceptors (Lipinski definition) is 5. The van der Waals surface area contributed by atoms with Crippen LogP contribution in [0.3, 0.4) is 0 Å². The lowest BCUT2D eigenvalue weighted by atomic mass is 10.1. The van der Waals surface area contributed by atoms with Gasteiger partial charge >= 0.3 is 10.3 Å². The number of nitrogens with two attached hydrogens (primary N) is 1. The first-order valence-electron chi connectivity index (χ1n) is 5.84. The Bertz CT molecular complexity index is 493. The summed E-state index contributed by atoms with van der Waals surface area (Å²) in [5, 5.41) is 20.8. The second-order valence-corrected chi connectivity index (χ2v) is 5.73. The van der Waals surface area contributed by atoms with Gasteiger partial charge in [0.05, 0.1) is 6.61 Å². The van der Waals surface area contributed by atoms with E-state index in [0.29, 0.717) is 18.4 Å². The van der Waals surface area contributed by atoms with Crippen LogP contribution in [0.15, 0.2) is 24.3 Å². The largest absolute Gasteiger partial charge is 0.366 e. The molecule has 1 rings (SSSR count). The van der Waals surface area contributed by atoms with E-state index in [9.17, 15) is 12.8 Å². The molecule has 6 nitrogen and oxygen atoms in total. The Morgan fingerprint density at radius 3 is 2.25 bits per heavy atom. The van der Waals surface area contributed by atoms with Gasteiger partial charge in [-0.2, -0.15) is 8.42 Å². The average Bonchev–Trinajstić information content (AvgIpc) is 2.23. The summed E-state index contributed by atoms with van der Waals surface area (Å²) in [4.78, 5) is 0. The van der Waals surface area contributed by atoms with Crippen molar-refractivity contribution in [2.75, 3.05) is 6.61 Å². The van der Waals surface area contributed by atoms with Crippen molar-refractivity contribution >= 4 is 10.3 Å². The smallest absolute Gasteiger partial charge is 0.333 e. The summed E-state index contributed by atoms with van der Waals surface area (Å²) >= 11 is 0. The number of aliphatic hydroxyl groups is 2. The lowest BCUT2D eigenvalue weighted by Gasteiger charge is -2.03. The van der Waals surface area contributed by atoms with Crippen molar-refractivity contribution in [2.24, 2.45) is 5.14 Å². The van der Waals surface area contributed by atoms with E-state index >= 15 is 0 Å². The molecule has 116 valence electrons. The molecule has 0 saturated heterocycles.